The van der Waals surface area contributed by atoms with Gasteiger partial charge in [0.15, 0.2) is 0 Å². The Kier molecular flexibility index (Phi) is 6.75. The van der Waals surface area contributed by atoms with E-state index < -0.39 is 11.5 Å². The van der Waals surface area contributed by atoms with Crippen molar-refractivity contribution < 1.29 is 19.4 Å². The first-order valence-corrected chi connectivity index (χ1v) is 3.79. The first-order chi connectivity index (χ1) is 5.68. The lowest BCUT2D eigenvalue weighted by Crippen LogP contribution is -2.19. The SMILES string of the molecule is C=CCOCCOC(=O)C(O)Cl. The molecule has 0 aliphatic rings. The molecule has 0 aromatic carbocycles. The standard InChI is InChI=1S/C7H11ClO4/c1-2-3-11-4-5-12-7(10)6(8)9/h2,6,9H,1,3-5H2. The van der Waals surface area contributed by atoms with Gasteiger partial charge in [-0.15, -0.1) is 6.58 Å². The van der Waals surface area contributed by atoms with E-state index in [2.05, 4.69) is 11.3 Å². The second-order valence-electron chi connectivity index (χ2n) is 1.87. The molecule has 0 radical (unpaired) electrons. The number of esters is 1. The van der Waals surface area contributed by atoms with E-state index >= 15 is 0 Å². The van der Waals surface area contributed by atoms with Crippen molar-refractivity contribution in [3.8, 4) is 0 Å². The Morgan fingerprint density at radius 3 is 2.83 bits per heavy atom. The average molecular weight is 195 g/mol. The van der Waals surface area contributed by atoms with Crippen LogP contribution < -0.4 is 0 Å². The van der Waals surface area contributed by atoms with Gasteiger partial charge in [-0.05, 0) is 0 Å². The van der Waals surface area contributed by atoms with Crippen molar-refractivity contribution in [1.29, 1.82) is 0 Å². The normalized spacial score (nSPS) is 12.2. The number of aliphatic hydroxyl groups excluding tert-OH is 1. The summed E-state index contributed by atoms with van der Waals surface area (Å²) in [5, 5.41) is 8.46. The van der Waals surface area contributed by atoms with Crippen LogP contribution in [-0.4, -0.2) is 36.5 Å². The van der Waals surface area contributed by atoms with Crippen LogP contribution in [0.3, 0.4) is 0 Å². The number of hydrogen-bond donors (Lipinski definition) is 1. The Hall–Kier alpha value is -0.580. The second-order valence-corrected chi connectivity index (χ2v) is 2.28. The quantitative estimate of drug-likeness (QED) is 0.286. The van der Waals surface area contributed by atoms with Gasteiger partial charge >= 0.3 is 5.97 Å². The third-order valence-corrected chi connectivity index (χ3v) is 1.08. The Morgan fingerprint density at radius 1 is 1.67 bits per heavy atom. The maximum absolute atomic E-state index is 10.5. The van der Waals surface area contributed by atoms with Crippen molar-refractivity contribution in [3.05, 3.63) is 12.7 Å². The van der Waals surface area contributed by atoms with Crippen molar-refractivity contribution in [2.45, 2.75) is 5.56 Å². The zero-order valence-electron chi connectivity index (χ0n) is 6.53. The van der Waals surface area contributed by atoms with Gasteiger partial charge < -0.3 is 14.6 Å². The first kappa shape index (κ1) is 11.4. The molecule has 0 rings (SSSR count). The lowest BCUT2D eigenvalue weighted by Gasteiger charge is -2.04. The molecule has 0 aromatic heterocycles. The number of rotatable bonds is 6. The topological polar surface area (TPSA) is 55.8 Å². The van der Waals surface area contributed by atoms with Crippen LogP contribution in [0.5, 0.6) is 0 Å². The summed E-state index contributed by atoms with van der Waals surface area (Å²) in [5.74, 6) is -0.862. The van der Waals surface area contributed by atoms with Crippen LogP contribution in [0.4, 0.5) is 0 Å². The molecule has 0 aliphatic heterocycles. The highest BCUT2D eigenvalue weighted by atomic mass is 35.5. The van der Waals surface area contributed by atoms with Crippen molar-refractivity contribution >= 4 is 17.6 Å². The lowest BCUT2D eigenvalue weighted by atomic mass is 10.6. The second kappa shape index (κ2) is 7.09. The summed E-state index contributed by atoms with van der Waals surface area (Å²) >= 11 is 4.99. The van der Waals surface area contributed by atoms with Gasteiger partial charge in [-0.1, -0.05) is 17.7 Å². The highest BCUT2D eigenvalue weighted by Gasteiger charge is 2.11. The van der Waals surface area contributed by atoms with Crippen molar-refractivity contribution in [3.63, 3.8) is 0 Å². The lowest BCUT2D eigenvalue weighted by molar-refractivity contribution is -0.150. The number of alkyl halides is 1. The van der Waals surface area contributed by atoms with Crippen LogP contribution in [0.2, 0.25) is 0 Å². The smallest absolute Gasteiger partial charge is 0.350 e. The third-order valence-electron chi connectivity index (χ3n) is 0.902. The van der Waals surface area contributed by atoms with Gasteiger partial charge in [0, 0.05) is 0 Å². The van der Waals surface area contributed by atoms with Crippen molar-refractivity contribution in [2.75, 3.05) is 19.8 Å². The summed E-state index contributed by atoms with van der Waals surface area (Å²) in [7, 11) is 0. The molecule has 0 spiro atoms. The highest BCUT2D eigenvalue weighted by molar-refractivity contribution is 6.28. The fourth-order valence-electron chi connectivity index (χ4n) is 0.437. The van der Waals surface area contributed by atoms with Gasteiger partial charge in [-0.25, -0.2) is 4.79 Å². The van der Waals surface area contributed by atoms with Crippen LogP contribution in [0.1, 0.15) is 0 Å². The van der Waals surface area contributed by atoms with Gasteiger partial charge in [0.05, 0.1) is 13.2 Å². The van der Waals surface area contributed by atoms with Crippen LogP contribution >= 0.6 is 11.6 Å². The molecule has 0 saturated heterocycles. The Balaban J connectivity index is 3.19. The average Bonchev–Trinajstić information content (AvgIpc) is 2.03. The molecule has 0 bridgehead atoms. The summed E-state index contributed by atoms with van der Waals surface area (Å²) in [6.07, 6.45) is 1.58. The maximum atomic E-state index is 10.5. The molecule has 5 heteroatoms. The molecule has 0 aliphatic carbocycles. The van der Waals surface area contributed by atoms with E-state index in [0.717, 1.165) is 0 Å². The molecule has 0 saturated carbocycles. The van der Waals surface area contributed by atoms with Crippen LogP contribution in [0.15, 0.2) is 12.7 Å². The minimum atomic E-state index is -1.59. The predicted octanol–water partition coefficient (Wildman–Crippen LogP) is 0.289. The molecule has 0 aromatic rings. The van der Waals surface area contributed by atoms with E-state index in [4.69, 9.17) is 21.4 Å². The molecular weight excluding hydrogens is 184 g/mol. The van der Waals surface area contributed by atoms with Gasteiger partial charge in [0.25, 0.3) is 0 Å². The molecule has 0 amide bonds. The Morgan fingerprint density at radius 2 is 2.33 bits per heavy atom. The fraction of sp³-hybridized carbons (Fsp3) is 0.571. The summed E-state index contributed by atoms with van der Waals surface area (Å²) in [4.78, 5) is 10.5. The molecule has 4 nitrogen and oxygen atoms in total. The van der Waals surface area contributed by atoms with Gasteiger partial charge in [-0.2, -0.15) is 0 Å². The van der Waals surface area contributed by atoms with Crippen LogP contribution in [0, 0.1) is 0 Å². The molecule has 12 heavy (non-hydrogen) atoms. The van der Waals surface area contributed by atoms with Gasteiger partial charge in [0.2, 0.25) is 5.56 Å². The third kappa shape index (κ3) is 6.15. The minimum absolute atomic E-state index is 0.0798. The van der Waals surface area contributed by atoms with Gasteiger partial charge in [-0.3, -0.25) is 0 Å². The van der Waals surface area contributed by atoms with Gasteiger partial charge in [0.1, 0.15) is 6.61 Å². The largest absolute Gasteiger partial charge is 0.460 e. The summed E-state index contributed by atoms with van der Waals surface area (Å²) in [6.45, 7) is 4.18. The summed E-state index contributed by atoms with van der Waals surface area (Å²) < 4.78 is 9.36. The number of carbonyl (C=O) groups is 1. The number of hydrogen-bond acceptors (Lipinski definition) is 4. The Bertz CT molecular complexity index is 146. The number of aliphatic hydroxyl groups is 1. The maximum Gasteiger partial charge on any atom is 0.350 e. The first-order valence-electron chi connectivity index (χ1n) is 3.36. The fourth-order valence-corrected chi connectivity index (χ4v) is 0.500. The molecule has 1 atom stereocenters. The predicted molar refractivity (Wildman–Crippen MR) is 43.8 cm³/mol. The van der Waals surface area contributed by atoms with E-state index in [1.165, 1.54) is 0 Å². The van der Waals surface area contributed by atoms with E-state index in [9.17, 15) is 4.79 Å². The van der Waals surface area contributed by atoms with E-state index in [1.807, 2.05) is 0 Å². The zero-order valence-corrected chi connectivity index (χ0v) is 7.29. The molecular formula is C7H11ClO4. The number of halogens is 1. The van der Waals surface area contributed by atoms with E-state index in [0.29, 0.717) is 6.61 Å². The number of ether oxygens (including phenoxy) is 2. The zero-order chi connectivity index (χ0) is 9.40. The molecule has 70 valence electrons. The van der Waals surface area contributed by atoms with Crippen LogP contribution in [0.25, 0.3) is 0 Å². The molecule has 0 heterocycles. The minimum Gasteiger partial charge on any atom is -0.460 e. The number of carbonyl (C=O) groups excluding carboxylic acids is 1. The molecule has 0 fully saturated rings. The summed E-state index contributed by atoms with van der Waals surface area (Å²) in [5.41, 5.74) is -1.59. The monoisotopic (exact) mass is 194 g/mol. The highest BCUT2D eigenvalue weighted by Crippen LogP contribution is 1.92. The van der Waals surface area contributed by atoms with Crippen molar-refractivity contribution in [2.24, 2.45) is 0 Å². The van der Waals surface area contributed by atoms with E-state index in [-0.39, 0.29) is 13.2 Å². The summed E-state index contributed by atoms with van der Waals surface area (Å²) in [6, 6.07) is 0. The van der Waals surface area contributed by atoms with E-state index in [1.54, 1.807) is 6.08 Å². The molecule has 1 unspecified atom stereocenters. The van der Waals surface area contributed by atoms with Crippen LogP contribution in [-0.2, 0) is 14.3 Å². The Labute approximate surface area is 75.7 Å². The molecule has 1 N–H and O–H groups in total. The van der Waals surface area contributed by atoms with Crippen molar-refractivity contribution in [1.82, 2.24) is 0 Å².